The fourth-order valence-electron chi connectivity index (χ4n) is 15.2. The van der Waals surface area contributed by atoms with Crippen molar-refractivity contribution in [1.29, 1.82) is 0 Å². The first kappa shape index (κ1) is 116. The second-order valence-corrected chi connectivity index (χ2v) is 36.4. The van der Waals surface area contributed by atoms with Crippen LogP contribution in [0.25, 0.3) is 10.8 Å². The number of nitrogens with two attached hydrogens (primary N) is 13. The summed E-state index contributed by atoms with van der Waals surface area (Å²) in [5, 5.41) is 69.8. The highest BCUT2D eigenvalue weighted by Crippen LogP contribution is 2.28. The summed E-state index contributed by atoms with van der Waals surface area (Å²) in [5.41, 5.74) is 74.9. The molecule has 0 spiro atoms. The highest BCUT2D eigenvalue weighted by Gasteiger charge is 2.43. The van der Waals surface area contributed by atoms with Gasteiger partial charge in [-0.05, 0) is 199 Å². The standard InChI is InChI=1S/C89H138N32O19S2/c90-35-5-3-17-57-73(127)114-62(18-4-6-36-91)82(136)121-43-13-24-68(121)80(134)117-65(45-50-27-33-55(123)34-28-50)77(131)113-58(19-8-38-104-85(95)96)72(126)111-60(22-11-42-108-89(102)140)74(128)118-66(78(132)115-63(83(137)138)23-12-40-106-87(99)100)47-141-142-48-67(79(133)116-64(44-49-25-31-54(122)32-26-49)76(130)112-59(71(125)110-57)21-10-41-107-88(101)139)119-81(135)69(53-30-29-51-14-1-2-15-52(51)46-53)120-75(129)61(20-9-39-105-86(97)98)109-70(124)56(92)16-7-37-103-84(93)94/h1-2,14-15,25-34,46,56-69,122-123H,3-13,16-24,35-45,47-48,90-92H2,(H,109,124)(H,110,125)(H,111,126)(H,112,130)(H,113,131)(H,114,127)(H,115,132)(H,116,133)(H,117,134)(H,118,128)(H,119,135)(H,120,129)(H,137,138)(H4,93,94,103)(H4,95,96,104)(H4,97,98,105)(H4,99,100,106)(H3,101,107,139)(H3,102,108,140)/t56-,57+,58-,59-,60-,61-,62-,63-,64+,65-,66+,67+,68+,69-/m0/s1. The van der Waals surface area contributed by atoms with Crippen LogP contribution in [0.4, 0.5) is 9.59 Å². The molecule has 51 nitrogen and oxygen atoms in total. The second kappa shape index (κ2) is 61.9. The molecule has 0 saturated carbocycles. The summed E-state index contributed by atoms with van der Waals surface area (Å²) in [7, 11) is 1.45. The van der Waals surface area contributed by atoms with Crippen LogP contribution < -0.4 is 149 Å². The predicted octanol–water partition coefficient (Wildman–Crippen LogP) is -6.61. The molecule has 0 unspecified atom stereocenters. The summed E-state index contributed by atoms with van der Waals surface area (Å²) < 4.78 is 0. The molecule has 2 heterocycles. The lowest BCUT2D eigenvalue weighted by molar-refractivity contribution is -0.142. The lowest BCUT2D eigenvalue weighted by Crippen LogP contribution is -2.61. The third kappa shape index (κ3) is 42.3. The normalized spacial score (nSPS) is 20.3. The molecule has 17 amide bonds. The van der Waals surface area contributed by atoms with E-state index in [0.29, 0.717) is 29.2 Å². The fourth-order valence-corrected chi connectivity index (χ4v) is 17.5. The Morgan fingerprint density at radius 3 is 1.34 bits per heavy atom. The number of benzene rings is 4. The van der Waals surface area contributed by atoms with Gasteiger partial charge in [0.25, 0.3) is 0 Å². The minimum Gasteiger partial charge on any atom is -0.508 e. The number of phenols is 2. The van der Waals surface area contributed by atoms with Gasteiger partial charge in [0.05, 0.1) is 6.04 Å². The number of carboxylic acids is 1. The van der Waals surface area contributed by atoms with E-state index in [1.54, 1.807) is 36.4 Å². The second-order valence-electron chi connectivity index (χ2n) is 33.9. The first-order chi connectivity index (χ1) is 67.7. The Balaban J connectivity index is 1.62. The number of unbranched alkanes of at least 4 members (excludes halogenated alkanes) is 2. The van der Waals surface area contributed by atoms with Crippen molar-refractivity contribution < 1.29 is 92.0 Å². The molecule has 0 bridgehead atoms. The zero-order valence-electron chi connectivity index (χ0n) is 79.0. The van der Waals surface area contributed by atoms with Gasteiger partial charge in [0.15, 0.2) is 23.8 Å². The number of carbonyl (C=O) groups is 16. The molecule has 2 saturated heterocycles. The number of aliphatic imine (C=N–C) groups is 4. The molecule has 0 aliphatic carbocycles. The molecule has 142 heavy (non-hydrogen) atoms. The molecule has 0 radical (unpaired) electrons. The molecule has 6 rings (SSSR count). The number of fused-ring (bicyclic) bond motifs is 2. The maximum absolute atomic E-state index is 16.0. The van der Waals surface area contributed by atoms with Gasteiger partial charge in [-0.3, -0.25) is 82.3 Å². The van der Waals surface area contributed by atoms with Crippen molar-refractivity contribution in [2.75, 3.05) is 70.4 Å². The first-order valence-corrected chi connectivity index (χ1v) is 49.1. The lowest BCUT2D eigenvalue weighted by atomic mass is 10.00. The Bertz CT molecular complexity index is 5010. The van der Waals surface area contributed by atoms with Crippen molar-refractivity contribution in [2.45, 2.75) is 226 Å². The van der Waals surface area contributed by atoms with Gasteiger partial charge in [0, 0.05) is 70.2 Å². The number of amides is 17. The number of nitrogens with zero attached hydrogens (tertiary/aromatic N) is 5. The molecule has 780 valence electrons. The Morgan fingerprint density at radius 1 is 0.430 bits per heavy atom. The van der Waals surface area contributed by atoms with Crippen molar-refractivity contribution in [3.05, 3.63) is 108 Å². The van der Waals surface area contributed by atoms with E-state index >= 15 is 57.5 Å². The number of hydrogen-bond donors (Lipinski definition) is 30. The van der Waals surface area contributed by atoms with Gasteiger partial charge in [-0.25, -0.2) is 14.4 Å². The number of aliphatic carboxylic acids is 1. The average molecular weight is 2020 g/mol. The fraction of sp³-hybridized carbons (Fsp3) is 0.528. The smallest absolute Gasteiger partial charge is 0.326 e. The summed E-state index contributed by atoms with van der Waals surface area (Å²) >= 11 is 0. The Kier molecular flexibility index (Phi) is 50.6. The molecule has 2 aliphatic rings. The summed E-state index contributed by atoms with van der Waals surface area (Å²) in [4.78, 5) is 254. The molecule has 43 N–H and O–H groups in total. The van der Waals surface area contributed by atoms with Crippen molar-refractivity contribution in [3.8, 4) is 11.5 Å². The third-order valence-electron chi connectivity index (χ3n) is 22.7. The summed E-state index contributed by atoms with van der Waals surface area (Å²) in [5.74, 6) is -17.7. The van der Waals surface area contributed by atoms with Gasteiger partial charge in [0.2, 0.25) is 76.8 Å². The van der Waals surface area contributed by atoms with E-state index in [4.69, 9.17) is 74.5 Å². The maximum atomic E-state index is 16.0. The highest BCUT2D eigenvalue weighted by atomic mass is 33.1. The largest absolute Gasteiger partial charge is 0.508 e. The number of carbonyl (C=O) groups excluding carboxylic acids is 15. The molecule has 4 aromatic carbocycles. The van der Waals surface area contributed by atoms with Gasteiger partial charge in [0.1, 0.15) is 90.0 Å². The van der Waals surface area contributed by atoms with Crippen LogP contribution in [0.2, 0.25) is 0 Å². The van der Waals surface area contributed by atoms with E-state index in [-0.39, 0.29) is 221 Å². The quantitative estimate of drug-likeness (QED) is 0.00846. The number of hydrogen-bond acceptors (Lipinski definition) is 27. The van der Waals surface area contributed by atoms with E-state index in [1.807, 2.05) is 0 Å². The molecular formula is C89H138N32O19S2. The Labute approximate surface area is 828 Å². The van der Waals surface area contributed by atoms with Crippen molar-refractivity contribution >= 4 is 151 Å². The Morgan fingerprint density at radius 2 is 0.852 bits per heavy atom. The van der Waals surface area contributed by atoms with E-state index in [9.17, 15) is 34.5 Å². The number of phenolic OH excluding ortho intramolecular Hbond substituents is 2. The van der Waals surface area contributed by atoms with Crippen LogP contribution in [-0.2, 0) is 80.0 Å². The topological polar surface area (TPSA) is 893 Å². The number of primary amides is 2. The Hall–Kier alpha value is -14.5. The first-order valence-electron chi connectivity index (χ1n) is 46.6. The van der Waals surface area contributed by atoms with Crippen LogP contribution in [0, 0.1) is 0 Å². The third-order valence-corrected chi connectivity index (χ3v) is 25.1. The van der Waals surface area contributed by atoms with E-state index < -0.39 is 204 Å². The summed E-state index contributed by atoms with van der Waals surface area (Å²) in [6.07, 6.45) is -1.38. The van der Waals surface area contributed by atoms with E-state index in [2.05, 4.69) is 94.4 Å². The molecule has 2 aliphatic heterocycles. The van der Waals surface area contributed by atoms with Crippen molar-refractivity contribution in [1.82, 2.24) is 79.3 Å². The van der Waals surface area contributed by atoms with Crippen LogP contribution in [0.1, 0.15) is 151 Å². The number of rotatable bonds is 46. The molecule has 14 atom stereocenters. The van der Waals surface area contributed by atoms with Gasteiger partial charge in [-0.15, -0.1) is 0 Å². The minimum atomic E-state index is -1.93. The molecule has 0 aromatic heterocycles. The number of aromatic hydroxyl groups is 2. The maximum Gasteiger partial charge on any atom is 0.326 e. The predicted molar refractivity (Wildman–Crippen MR) is 534 cm³/mol. The molecule has 4 aromatic rings. The van der Waals surface area contributed by atoms with Crippen LogP contribution in [-0.4, -0.2) is 288 Å². The number of guanidine groups is 4. The van der Waals surface area contributed by atoms with E-state index in [0.717, 1.165) is 21.6 Å². The van der Waals surface area contributed by atoms with Gasteiger partial charge in [-0.1, -0.05) is 82.3 Å². The van der Waals surface area contributed by atoms with E-state index in [1.165, 1.54) is 59.5 Å². The number of nitrogens with one attached hydrogen (secondary N) is 14. The van der Waals surface area contributed by atoms with Gasteiger partial charge in [-0.2, -0.15) is 0 Å². The van der Waals surface area contributed by atoms with Crippen LogP contribution >= 0.6 is 21.6 Å². The van der Waals surface area contributed by atoms with Crippen molar-refractivity contribution in [2.24, 2.45) is 94.5 Å². The molecular weight excluding hydrogens is 1890 g/mol. The monoisotopic (exact) mass is 2020 g/mol. The molecule has 2 fully saturated rings. The highest BCUT2D eigenvalue weighted by molar-refractivity contribution is 8.76. The van der Waals surface area contributed by atoms with Crippen LogP contribution in [0.3, 0.4) is 0 Å². The van der Waals surface area contributed by atoms with Gasteiger partial charge < -0.3 is 169 Å². The number of urea groups is 2. The summed E-state index contributed by atoms with van der Waals surface area (Å²) in [6.45, 7) is -0.450. The average Bonchev–Trinajstić information content (AvgIpc) is 1.32. The van der Waals surface area contributed by atoms with Crippen LogP contribution in [0.5, 0.6) is 11.5 Å². The molecule has 53 heteroatoms. The van der Waals surface area contributed by atoms with Gasteiger partial charge >= 0.3 is 18.0 Å². The zero-order chi connectivity index (χ0) is 104. The minimum absolute atomic E-state index is 0.00798. The SMILES string of the molecule is NCCCC[C@@H]1NC(=O)[C@@H](CCCCN)NC(=O)[C@H](CCCNC(N)=O)NC(=O)[C@@H](Cc2ccc(O)cc2)NC(=O)[C@H](NC(=O)[C@@H](NC(=O)[C@H](CCCN=C(N)N)NC(=O)[C@@H](N)CCCN=C(N)N)c2ccc3ccccc3c2)CSSC[C@H](C(=O)N[C@@H](CCCN=C(N)N)C(=O)O)NC(=O)[C@H](CCCNC(N)=O)NC(=O)[C@H](CCCN=C(N)N)NC(=O)[C@H](Cc2ccc(O)cc2)NC(=O)[C@H]2CCCN2C1=O. The summed E-state index contributed by atoms with van der Waals surface area (Å²) in [6, 6.07) is -2.51. The van der Waals surface area contributed by atoms with Crippen molar-refractivity contribution in [3.63, 3.8) is 0 Å². The zero-order valence-corrected chi connectivity index (χ0v) is 80.6. The van der Waals surface area contributed by atoms with Crippen LogP contribution in [0.15, 0.2) is 111 Å². The lowest BCUT2D eigenvalue weighted by Gasteiger charge is -2.31. The number of carboxylic acid groups (broad SMARTS) is 1.